The molecule has 1 atom stereocenters. The zero-order valence-electron chi connectivity index (χ0n) is 12.8. The summed E-state index contributed by atoms with van der Waals surface area (Å²) in [7, 11) is 0. The maximum Gasteiger partial charge on any atom is 0.0420 e. The predicted octanol–water partition coefficient (Wildman–Crippen LogP) is 5.38. The summed E-state index contributed by atoms with van der Waals surface area (Å²) in [5.74, 6) is 0.938. The van der Waals surface area contributed by atoms with E-state index in [4.69, 9.17) is 0 Å². The summed E-state index contributed by atoms with van der Waals surface area (Å²) < 4.78 is 0. The van der Waals surface area contributed by atoms with Gasteiger partial charge >= 0.3 is 0 Å². The first-order valence-electron chi connectivity index (χ1n) is 8.01. The Kier molecular flexibility index (Phi) is 5.90. The lowest BCUT2D eigenvalue weighted by molar-refractivity contribution is 0.362. The monoisotopic (exact) mass is 279 g/mol. The Balaban J connectivity index is 2.04. The molecule has 1 aromatic rings. The van der Waals surface area contributed by atoms with Gasteiger partial charge in [-0.2, -0.15) is 0 Å². The Bertz CT molecular complexity index is 375. The molecule has 1 nitrogen and oxygen atoms in total. The SMILES string of the molecule is CCNC(CC1CCCCCC1)c1sc(C)cc1C. The van der Waals surface area contributed by atoms with E-state index in [1.807, 2.05) is 11.3 Å². The summed E-state index contributed by atoms with van der Waals surface area (Å²) >= 11 is 1.99. The Morgan fingerprint density at radius 3 is 2.42 bits per heavy atom. The van der Waals surface area contributed by atoms with Crippen LogP contribution >= 0.6 is 11.3 Å². The van der Waals surface area contributed by atoms with Gasteiger partial charge in [0.15, 0.2) is 0 Å². The first-order chi connectivity index (χ1) is 9.20. The predicted molar refractivity (Wildman–Crippen MR) is 86.0 cm³/mol. The Labute approximate surface area is 122 Å². The molecule has 2 rings (SSSR count). The van der Waals surface area contributed by atoms with Crippen LogP contribution in [0.4, 0.5) is 0 Å². The van der Waals surface area contributed by atoms with Crippen LogP contribution in [-0.2, 0) is 0 Å². The van der Waals surface area contributed by atoms with Crippen molar-refractivity contribution < 1.29 is 0 Å². The minimum atomic E-state index is 0.590. The van der Waals surface area contributed by atoms with Gasteiger partial charge in [-0.05, 0) is 44.4 Å². The highest BCUT2D eigenvalue weighted by molar-refractivity contribution is 7.12. The average molecular weight is 279 g/mol. The topological polar surface area (TPSA) is 12.0 Å². The number of nitrogens with one attached hydrogen (secondary N) is 1. The van der Waals surface area contributed by atoms with Crippen molar-refractivity contribution >= 4 is 11.3 Å². The quantitative estimate of drug-likeness (QED) is 0.714. The lowest BCUT2D eigenvalue weighted by atomic mass is 9.91. The minimum Gasteiger partial charge on any atom is -0.310 e. The number of hydrogen-bond acceptors (Lipinski definition) is 2. The summed E-state index contributed by atoms with van der Waals surface area (Å²) in [6.07, 6.45) is 10.1. The van der Waals surface area contributed by atoms with Crippen LogP contribution in [0.1, 0.15) is 73.2 Å². The maximum absolute atomic E-state index is 3.73. The van der Waals surface area contributed by atoms with Gasteiger partial charge < -0.3 is 5.32 Å². The molecule has 1 N–H and O–H groups in total. The van der Waals surface area contributed by atoms with Crippen LogP contribution in [0.2, 0.25) is 0 Å². The van der Waals surface area contributed by atoms with Crippen molar-refractivity contribution in [3.05, 3.63) is 21.4 Å². The fourth-order valence-corrected chi connectivity index (χ4v) is 4.59. The smallest absolute Gasteiger partial charge is 0.0420 e. The minimum absolute atomic E-state index is 0.590. The van der Waals surface area contributed by atoms with Gasteiger partial charge in [0.05, 0.1) is 0 Å². The van der Waals surface area contributed by atoms with Gasteiger partial charge in [-0.25, -0.2) is 0 Å². The van der Waals surface area contributed by atoms with Gasteiger partial charge in [-0.3, -0.25) is 0 Å². The molecule has 0 saturated heterocycles. The Morgan fingerprint density at radius 1 is 1.21 bits per heavy atom. The number of thiophene rings is 1. The maximum atomic E-state index is 3.73. The van der Waals surface area contributed by atoms with Crippen LogP contribution in [0.15, 0.2) is 6.07 Å². The molecule has 1 aliphatic carbocycles. The normalized spacial score (nSPS) is 19.3. The molecule has 0 radical (unpaired) electrons. The molecule has 1 fully saturated rings. The summed E-state index contributed by atoms with van der Waals surface area (Å²) in [4.78, 5) is 3.04. The lowest BCUT2D eigenvalue weighted by Gasteiger charge is -2.23. The first kappa shape index (κ1) is 15.1. The second-order valence-electron chi connectivity index (χ2n) is 6.11. The standard InChI is InChI=1S/C17H29NS/c1-4-18-16(17-13(2)11-14(3)19-17)12-15-9-7-5-6-8-10-15/h11,15-16,18H,4-10,12H2,1-3H3. The van der Waals surface area contributed by atoms with Crippen LogP contribution in [0.5, 0.6) is 0 Å². The highest BCUT2D eigenvalue weighted by Gasteiger charge is 2.21. The molecular formula is C17H29NS. The van der Waals surface area contributed by atoms with E-state index in [0.29, 0.717) is 6.04 Å². The van der Waals surface area contributed by atoms with E-state index in [-0.39, 0.29) is 0 Å². The number of hydrogen-bond donors (Lipinski definition) is 1. The molecule has 1 aliphatic rings. The molecule has 1 heterocycles. The van der Waals surface area contributed by atoms with Crippen LogP contribution in [0.25, 0.3) is 0 Å². The van der Waals surface area contributed by atoms with Gasteiger partial charge in [0.1, 0.15) is 0 Å². The zero-order chi connectivity index (χ0) is 13.7. The second-order valence-corrected chi connectivity index (χ2v) is 7.40. The van der Waals surface area contributed by atoms with Gasteiger partial charge in [-0.1, -0.05) is 45.4 Å². The molecule has 0 bridgehead atoms. The largest absolute Gasteiger partial charge is 0.310 e. The summed E-state index contributed by atoms with van der Waals surface area (Å²) in [5.41, 5.74) is 1.49. The fourth-order valence-electron chi connectivity index (χ4n) is 3.47. The van der Waals surface area contributed by atoms with Crippen molar-refractivity contribution in [1.29, 1.82) is 0 Å². The molecule has 1 aromatic heterocycles. The molecule has 1 saturated carbocycles. The van der Waals surface area contributed by atoms with Crippen LogP contribution in [0, 0.1) is 19.8 Å². The van der Waals surface area contributed by atoms with Gasteiger partial charge in [0.2, 0.25) is 0 Å². The van der Waals surface area contributed by atoms with Gasteiger partial charge in [-0.15, -0.1) is 11.3 Å². The van der Waals surface area contributed by atoms with E-state index < -0.39 is 0 Å². The molecule has 1 unspecified atom stereocenters. The molecule has 19 heavy (non-hydrogen) atoms. The van der Waals surface area contributed by atoms with Crippen molar-refractivity contribution in [2.75, 3.05) is 6.54 Å². The van der Waals surface area contributed by atoms with Crippen molar-refractivity contribution in [3.63, 3.8) is 0 Å². The highest BCUT2D eigenvalue weighted by Crippen LogP contribution is 2.35. The number of aryl methyl sites for hydroxylation is 2. The lowest BCUT2D eigenvalue weighted by Crippen LogP contribution is -2.23. The Hall–Kier alpha value is -0.340. The van der Waals surface area contributed by atoms with E-state index in [2.05, 4.69) is 32.2 Å². The van der Waals surface area contributed by atoms with Gasteiger partial charge in [0.25, 0.3) is 0 Å². The molecule has 0 spiro atoms. The van der Waals surface area contributed by atoms with Gasteiger partial charge in [0, 0.05) is 15.8 Å². The zero-order valence-corrected chi connectivity index (χ0v) is 13.6. The summed E-state index contributed by atoms with van der Waals surface area (Å²) in [6.45, 7) is 7.82. The summed E-state index contributed by atoms with van der Waals surface area (Å²) in [5, 5.41) is 3.73. The van der Waals surface area contributed by atoms with Crippen LogP contribution in [0.3, 0.4) is 0 Å². The fraction of sp³-hybridized carbons (Fsp3) is 0.765. The average Bonchev–Trinajstić information content (AvgIpc) is 2.58. The van der Waals surface area contributed by atoms with Crippen molar-refractivity contribution in [2.45, 2.75) is 71.8 Å². The first-order valence-corrected chi connectivity index (χ1v) is 8.82. The van der Waals surface area contributed by atoms with Crippen molar-refractivity contribution in [2.24, 2.45) is 5.92 Å². The molecular weight excluding hydrogens is 250 g/mol. The van der Waals surface area contributed by atoms with E-state index >= 15 is 0 Å². The van der Waals surface area contributed by atoms with E-state index in [9.17, 15) is 0 Å². The Morgan fingerprint density at radius 2 is 1.89 bits per heavy atom. The third kappa shape index (κ3) is 4.32. The van der Waals surface area contributed by atoms with Crippen LogP contribution in [-0.4, -0.2) is 6.54 Å². The molecule has 2 heteroatoms. The van der Waals surface area contributed by atoms with Crippen molar-refractivity contribution in [3.8, 4) is 0 Å². The highest BCUT2D eigenvalue weighted by atomic mass is 32.1. The van der Waals surface area contributed by atoms with Crippen molar-refractivity contribution in [1.82, 2.24) is 5.32 Å². The third-order valence-electron chi connectivity index (χ3n) is 4.39. The third-order valence-corrected chi connectivity index (χ3v) is 5.66. The van der Waals surface area contributed by atoms with E-state index in [1.54, 1.807) is 4.88 Å². The number of rotatable bonds is 5. The summed E-state index contributed by atoms with van der Waals surface area (Å²) in [6, 6.07) is 2.93. The molecule has 0 aliphatic heterocycles. The molecule has 0 aromatic carbocycles. The second kappa shape index (κ2) is 7.44. The van der Waals surface area contributed by atoms with Crippen LogP contribution < -0.4 is 5.32 Å². The van der Waals surface area contributed by atoms with E-state index in [1.165, 1.54) is 55.4 Å². The van der Waals surface area contributed by atoms with E-state index in [0.717, 1.165) is 12.5 Å². The molecule has 108 valence electrons. The molecule has 0 amide bonds.